The van der Waals surface area contributed by atoms with Crippen molar-refractivity contribution in [1.29, 1.82) is 0 Å². The molecular formula is C27H43N3O8. The summed E-state index contributed by atoms with van der Waals surface area (Å²) in [5.74, 6) is -2.85. The number of benzene rings is 1. The van der Waals surface area contributed by atoms with E-state index >= 15 is 0 Å². The first-order chi connectivity index (χ1) is 17.5. The van der Waals surface area contributed by atoms with Gasteiger partial charge in [0.1, 0.15) is 17.2 Å². The van der Waals surface area contributed by atoms with Crippen molar-refractivity contribution < 1.29 is 38.5 Å². The molecule has 11 heteroatoms. The van der Waals surface area contributed by atoms with Gasteiger partial charge in [0.15, 0.2) is 0 Å². The molecule has 0 radical (unpaired) electrons. The van der Waals surface area contributed by atoms with Gasteiger partial charge >= 0.3 is 24.1 Å². The number of carbonyl (C=O) groups is 4. The highest BCUT2D eigenvalue weighted by Gasteiger charge is 2.50. The summed E-state index contributed by atoms with van der Waals surface area (Å²) < 4.78 is 15.7. The lowest BCUT2D eigenvalue weighted by Crippen LogP contribution is -2.70. The van der Waals surface area contributed by atoms with Crippen molar-refractivity contribution in [3.8, 4) is 0 Å². The van der Waals surface area contributed by atoms with Crippen LogP contribution in [0.25, 0.3) is 0 Å². The van der Waals surface area contributed by atoms with E-state index in [0.717, 1.165) is 5.56 Å². The summed E-state index contributed by atoms with van der Waals surface area (Å²) in [4.78, 5) is 50.7. The molecule has 2 atom stereocenters. The van der Waals surface area contributed by atoms with Crippen LogP contribution in [-0.2, 0) is 30.2 Å². The SMILES string of the molecule is CCOC(=O)C(C)NCCC(Cc1ccccc1)C(NC(=O)OC(C)(C)C)(NC(=O)OC(C)(C)C)C(=O)O. The standard InChI is InChI=1S/C27H43N3O8/c1-9-36-21(31)18(2)28-16-15-20(17-19-13-11-10-12-14-19)27(22(32)33,29-23(34)37-25(3,4)5)30-24(35)38-26(6,7)8/h10-14,18,20,28H,9,15-17H2,1-8H3,(H,29,34)(H,30,35)(H,32,33). The Labute approximate surface area is 225 Å². The molecule has 0 heterocycles. The van der Waals surface area contributed by atoms with Gasteiger partial charge in [-0.05, 0) is 80.3 Å². The summed E-state index contributed by atoms with van der Waals surface area (Å²) in [6, 6.07) is 8.41. The predicted octanol–water partition coefficient (Wildman–Crippen LogP) is 3.61. The number of alkyl carbamates (subject to hydrolysis) is 2. The van der Waals surface area contributed by atoms with E-state index < -0.39 is 52.9 Å². The average molecular weight is 538 g/mol. The highest BCUT2D eigenvalue weighted by Crippen LogP contribution is 2.26. The van der Waals surface area contributed by atoms with Gasteiger partial charge in [-0.1, -0.05) is 30.3 Å². The number of carbonyl (C=O) groups excluding carboxylic acids is 3. The number of carboxylic acid groups (broad SMARTS) is 1. The summed E-state index contributed by atoms with van der Waals surface area (Å²) in [7, 11) is 0. The number of hydrogen-bond acceptors (Lipinski definition) is 8. The third kappa shape index (κ3) is 11.4. The van der Waals surface area contributed by atoms with E-state index in [4.69, 9.17) is 14.2 Å². The van der Waals surface area contributed by atoms with Crippen molar-refractivity contribution in [1.82, 2.24) is 16.0 Å². The minimum Gasteiger partial charge on any atom is -0.478 e. The van der Waals surface area contributed by atoms with Crippen molar-refractivity contribution in [3.05, 3.63) is 35.9 Å². The molecule has 0 spiro atoms. The number of rotatable bonds is 12. The maximum absolute atomic E-state index is 12.9. The number of nitrogens with one attached hydrogen (secondary N) is 3. The van der Waals surface area contributed by atoms with Crippen LogP contribution < -0.4 is 16.0 Å². The second-order valence-corrected chi connectivity index (χ2v) is 11.0. The molecular weight excluding hydrogens is 494 g/mol. The molecule has 2 unspecified atom stereocenters. The van der Waals surface area contributed by atoms with E-state index in [1.807, 2.05) is 18.2 Å². The zero-order chi connectivity index (χ0) is 29.1. The van der Waals surface area contributed by atoms with Crippen molar-refractivity contribution in [3.63, 3.8) is 0 Å². The van der Waals surface area contributed by atoms with E-state index in [1.54, 1.807) is 67.5 Å². The van der Waals surface area contributed by atoms with Gasteiger partial charge in [-0.3, -0.25) is 15.4 Å². The monoisotopic (exact) mass is 537 g/mol. The fourth-order valence-electron chi connectivity index (χ4n) is 3.64. The van der Waals surface area contributed by atoms with Gasteiger partial charge in [-0.25, -0.2) is 14.4 Å². The molecule has 0 aromatic heterocycles. The molecule has 0 saturated carbocycles. The lowest BCUT2D eigenvalue weighted by Gasteiger charge is -2.39. The molecule has 11 nitrogen and oxygen atoms in total. The van der Waals surface area contributed by atoms with Crippen LogP contribution in [0.3, 0.4) is 0 Å². The summed E-state index contributed by atoms with van der Waals surface area (Å²) in [6.45, 7) is 13.6. The topological polar surface area (TPSA) is 152 Å². The first-order valence-electron chi connectivity index (χ1n) is 12.7. The number of ether oxygens (including phenoxy) is 3. The molecule has 1 rings (SSSR count). The van der Waals surface area contributed by atoms with Crippen LogP contribution in [0.5, 0.6) is 0 Å². The fourth-order valence-corrected chi connectivity index (χ4v) is 3.64. The Morgan fingerprint density at radius 3 is 1.82 bits per heavy atom. The molecule has 0 bridgehead atoms. The van der Waals surface area contributed by atoms with Crippen LogP contribution >= 0.6 is 0 Å². The van der Waals surface area contributed by atoms with E-state index in [0.29, 0.717) is 0 Å². The molecule has 1 aromatic carbocycles. The number of aliphatic carboxylic acids is 1. The Balaban J connectivity index is 3.46. The highest BCUT2D eigenvalue weighted by atomic mass is 16.6. The number of amides is 2. The first-order valence-corrected chi connectivity index (χ1v) is 12.7. The normalized spacial score (nSPS) is 13.6. The summed E-state index contributed by atoms with van der Waals surface area (Å²) >= 11 is 0. The molecule has 38 heavy (non-hydrogen) atoms. The minimum absolute atomic E-state index is 0.135. The van der Waals surface area contributed by atoms with E-state index in [2.05, 4.69) is 16.0 Å². The van der Waals surface area contributed by atoms with Crippen molar-refractivity contribution in [2.75, 3.05) is 13.2 Å². The van der Waals surface area contributed by atoms with Crippen LogP contribution in [0, 0.1) is 5.92 Å². The molecule has 0 aliphatic carbocycles. The molecule has 4 N–H and O–H groups in total. The second kappa shape index (κ2) is 14.0. The van der Waals surface area contributed by atoms with Crippen LogP contribution in [0.2, 0.25) is 0 Å². The Morgan fingerprint density at radius 1 is 0.895 bits per heavy atom. The third-order valence-corrected chi connectivity index (χ3v) is 5.25. The summed E-state index contributed by atoms with van der Waals surface area (Å²) in [6.07, 6.45) is -1.76. The van der Waals surface area contributed by atoms with Gasteiger partial charge in [0, 0.05) is 5.92 Å². The molecule has 0 fully saturated rings. The van der Waals surface area contributed by atoms with E-state index in [1.165, 1.54) is 0 Å². The van der Waals surface area contributed by atoms with Crippen molar-refractivity contribution >= 4 is 24.1 Å². The number of carboxylic acids is 1. The quantitative estimate of drug-likeness (QED) is 0.178. The Hall–Kier alpha value is -3.34. The van der Waals surface area contributed by atoms with Crippen LogP contribution in [0.1, 0.15) is 67.4 Å². The fraction of sp³-hybridized carbons (Fsp3) is 0.630. The van der Waals surface area contributed by atoms with Gasteiger partial charge in [0.05, 0.1) is 6.61 Å². The number of esters is 1. The molecule has 0 aliphatic rings. The van der Waals surface area contributed by atoms with Crippen LogP contribution in [0.15, 0.2) is 30.3 Å². The maximum Gasteiger partial charge on any atom is 0.409 e. The van der Waals surface area contributed by atoms with Gasteiger partial charge < -0.3 is 24.6 Å². The average Bonchev–Trinajstić information content (AvgIpc) is 2.75. The second-order valence-electron chi connectivity index (χ2n) is 11.0. The van der Waals surface area contributed by atoms with Gasteiger partial charge in [0.25, 0.3) is 0 Å². The zero-order valence-electron chi connectivity index (χ0n) is 23.7. The molecule has 0 aliphatic heterocycles. The van der Waals surface area contributed by atoms with Crippen LogP contribution in [-0.4, -0.2) is 65.3 Å². The van der Waals surface area contributed by atoms with Crippen LogP contribution in [0.4, 0.5) is 9.59 Å². The molecule has 214 valence electrons. The van der Waals surface area contributed by atoms with Crippen molar-refractivity contribution in [2.24, 2.45) is 5.92 Å². The van der Waals surface area contributed by atoms with Gasteiger partial charge in [0.2, 0.25) is 5.66 Å². The highest BCUT2D eigenvalue weighted by molar-refractivity contribution is 5.88. The van der Waals surface area contributed by atoms with E-state index in [-0.39, 0.29) is 26.0 Å². The third-order valence-electron chi connectivity index (χ3n) is 5.25. The van der Waals surface area contributed by atoms with E-state index in [9.17, 15) is 24.3 Å². The molecule has 1 aromatic rings. The zero-order valence-corrected chi connectivity index (χ0v) is 23.7. The van der Waals surface area contributed by atoms with Gasteiger partial charge in [-0.2, -0.15) is 0 Å². The lowest BCUT2D eigenvalue weighted by molar-refractivity contribution is -0.150. The first kappa shape index (κ1) is 32.7. The summed E-state index contributed by atoms with van der Waals surface area (Å²) in [5, 5.41) is 18.3. The maximum atomic E-state index is 12.9. The minimum atomic E-state index is -2.31. The van der Waals surface area contributed by atoms with Crippen molar-refractivity contribution in [2.45, 2.75) is 91.1 Å². The van der Waals surface area contributed by atoms with Gasteiger partial charge in [-0.15, -0.1) is 0 Å². The summed E-state index contributed by atoms with van der Waals surface area (Å²) in [5.41, 5.74) is -3.38. The Morgan fingerprint density at radius 2 is 1.39 bits per heavy atom. The molecule has 0 saturated heterocycles. The smallest absolute Gasteiger partial charge is 0.409 e. The largest absolute Gasteiger partial charge is 0.478 e. The predicted molar refractivity (Wildman–Crippen MR) is 141 cm³/mol. The lowest BCUT2D eigenvalue weighted by atomic mass is 9.83. The number of hydrogen-bond donors (Lipinski definition) is 4. The Kier molecular flexibility index (Phi) is 12.0. The Bertz CT molecular complexity index is 908. The molecule has 2 amide bonds.